The number of anilines is 1. The molecule has 0 bridgehead atoms. The number of carbonyl (C=O) groups is 2. The van der Waals surface area contributed by atoms with Crippen molar-refractivity contribution in [1.82, 2.24) is 9.97 Å². The Balaban J connectivity index is 2.67. The van der Waals surface area contributed by atoms with Crippen molar-refractivity contribution in [1.29, 1.82) is 0 Å². The first-order chi connectivity index (χ1) is 8.54. The molecule has 18 heavy (non-hydrogen) atoms. The van der Waals surface area contributed by atoms with E-state index in [1.165, 1.54) is 12.4 Å². The molecule has 1 rings (SSSR count). The van der Waals surface area contributed by atoms with Crippen LogP contribution < -0.4 is 5.32 Å². The molecule has 0 saturated heterocycles. The second kappa shape index (κ2) is 6.65. The molecule has 2 N–H and O–H groups in total. The van der Waals surface area contributed by atoms with E-state index in [1.807, 2.05) is 6.92 Å². The number of rotatable bonds is 6. The molecule has 0 saturated carbocycles. The Morgan fingerprint density at radius 2 is 2.11 bits per heavy atom. The third kappa shape index (κ3) is 4.10. The Kier molecular flexibility index (Phi) is 5.19. The summed E-state index contributed by atoms with van der Waals surface area (Å²) in [6.07, 6.45) is 2.80. The summed E-state index contributed by atoms with van der Waals surface area (Å²) >= 11 is 0. The summed E-state index contributed by atoms with van der Waals surface area (Å²) in [6, 6.07) is 0. The molecule has 0 aromatic carbocycles. The zero-order chi connectivity index (χ0) is 13.5. The molecule has 0 fully saturated rings. The third-order valence-corrected chi connectivity index (χ3v) is 2.14. The van der Waals surface area contributed by atoms with E-state index in [0.717, 1.165) is 0 Å². The number of carbonyl (C=O) groups excluding carboxylic acids is 1. The molecule has 0 radical (unpaired) electrons. The number of amides is 1. The topological polar surface area (TPSA) is 101 Å². The van der Waals surface area contributed by atoms with Crippen molar-refractivity contribution in [2.24, 2.45) is 5.92 Å². The molecule has 7 nitrogen and oxygen atoms in total. The number of aromatic nitrogens is 2. The highest BCUT2D eigenvalue weighted by Crippen LogP contribution is 2.10. The van der Waals surface area contributed by atoms with E-state index in [4.69, 9.17) is 9.84 Å². The van der Waals surface area contributed by atoms with Gasteiger partial charge in [-0.1, -0.05) is 6.92 Å². The van der Waals surface area contributed by atoms with Gasteiger partial charge in [0.05, 0.1) is 0 Å². The van der Waals surface area contributed by atoms with Crippen LogP contribution in [0.1, 0.15) is 23.8 Å². The summed E-state index contributed by atoms with van der Waals surface area (Å²) < 4.78 is 4.91. The highest BCUT2D eigenvalue weighted by Gasteiger charge is 2.16. The Labute approximate surface area is 104 Å². The zero-order valence-corrected chi connectivity index (χ0v) is 10.2. The summed E-state index contributed by atoms with van der Waals surface area (Å²) in [6.45, 7) is 2.32. The molecule has 0 aliphatic carbocycles. The van der Waals surface area contributed by atoms with Crippen molar-refractivity contribution < 1.29 is 19.4 Å². The van der Waals surface area contributed by atoms with Gasteiger partial charge in [-0.3, -0.25) is 4.79 Å². The molecule has 1 aromatic heterocycles. The number of ether oxygens (including phenoxy) is 1. The number of carboxylic acid groups (broad SMARTS) is 1. The maximum absolute atomic E-state index is 11.6. The number of hydrogen-bond donors (Lipinski definition) is 2. The molecule has 0 aliphatic rings. The largest absolute Gasteiger partial charge is 0.476 e. The molecular formula is C11H15N3O4. The van der Waals surface area contributed by atoms with Gasteiger partial charge in [0.25, 0.3) is 0 Å². The van der Waals surface area contributed by atoms with Gasteiger partial charge in [0, 0.05) is 32.5 Å². The minimum Gasteiger partial charge on any atom is -0.476 e. The first-order valence-corrected chi connectivity index (χ1v) is 5.37. The summed E-state index contributed by atoms with van der Waals surface area (Å²) in [7, 11) is 1.56. The van der Waals surface area contributed by atoms with Crippen LogP contribution in [0.5, 0.6) is 0 Å². The van der Waals surface area contributed by atoms with Gasteiger partial charge in [-0.2, -0.15) is 0 Å². The van der Waals surface area contributed by atoms with E-state index >= 15 is 0 Å². The van der Waals surface area contributed by atoms with Gasteiger partial charge < -0.3 is 15.2 Å². The van der Waals surface area contributed by atoms with Crippen molar-refractivity contribution in [3.8, 4) is 0 Å². The number of nitrogens with one attached hydrogen (secondary N) is 1. The lowest BCUT2D eigenvalue weighted by atomic mass is 10.1. The van der Waals surface area contributed by atoms with Crippen molar-refractivity contribution in [2.45, 2.75) is 13.3 Å². The lowest BCUT2D eigenvalue weighted by Gasteiger charge is -2.10. The maximum Gasteiger partial charge on any atom is 0.358 e. The lowest BCUT2D eigenvalue weighted by molar-refractivity contribution is -0.117. The van der Waals surface area contributed by atoms with E-state index in [1.54, 1.807) is 7.11 Å². The molecule has 1 heterocycles. The van der Waals surface area contributed by atoms with Crippen molar-refractivity contribution >= 4 is 17.7 Å². The van der Waals surface area contributed by atoms with Crippen molar-refractivity contribution in [2.75, 3.05) is 19.0 Å². The number of methoxy groups -OCH3 is 1. The summed E-state index contributed by atoms with van der Waals surface area (Å²) in [5.41, 5.74) is -0.273. The molecule has 1 aromatic rings. The molecule has 1 amide bonds. The van der Waals surface area contributed by atoms with Gasteiger partial charge in [-0.15, -0.1) is 0 Å². The molecule has 0 aliphatic heterocycles. The zero-order valence-electron chi connectivity index (χ0n) is 10.2. The van der Waals surface area contributed by atoms with Crippen LogP contribution in [0.15, 0.2) is 12.4 Å². The quantitative estimate of drug-likeness (QED) is 0.777. The number of nitrogens with zero attached hydrogens (tertiary/aromatic N) is 2. The Morgan fingerprint density at radius 3 is 2.72 bits per heavy atom. The van der Waals surface area contributed by atoms with Crippen molar-refractivity contribution in [3.05, 3.63) is 18.1 Å². The smallest absolute Gasteiger partial charge is 0.358 e. The maximum atomic E-state index is 11.6. The second-order valence-electron chi connectivity index (χ2n) is 3.87. The van der Waals surface area contributed by atoms with Gasteiger partial charge in [0.2, 0.25) is 5.91 Å². The van der Waals surface area contributed by atoms with Crippen LogP contribution in [-0.2, 0) is 9.53 Å². The van der Waals surface area contributed by atoms with E-state index in [9.17, 15) is 9.59 Å². The van der Waals surface area contributed by atoms with Gasteiger partial charge in [0.1, 0.15) is 0 Å². The molecule has 98 valence electrons. The van der Waals surface area contributed by atoms with E-state index in [2.05, 4.69) is 15.3 Å². The van der Waals surface area contributed by atoms with Crippen molar-refractivity contribution in [3.63, 3.8) is 0 Å². The average molecular weight is 253 g/mol. The number of aromatic carboxylic acids is 1. The molecule has 1 atom stereocenters. The molecule has 1 unspecified atom stereocenters. The van der Waals surface area contributed by atoms with Crippen LogP contribution in [0.4, 0.5) is 5.82 Å². The molecule has 0 spiro atoms. The fourth-order valence-electron chi connectivity index (χ4n) is 1.43. The monoisotopic (exact) mass is 253 g/mol. The van der Waals surface area contributed by atoms with E-state index in [0.29, 0.717) is 6.61 Å². The Bertz CT molecular complexity index is 436. The first kappa shape index (κ1) is 14.0. The van der Waals surface area contributed by atoms with E-state index in [-0.39, 0.29) is 29.8 Å². The summed E-state index contributed by atoms with van der Waals surface area (Å²) in [5.74, 6) is -1.55. The standard InChI is InChI=1S/C11H15N3O4/c1-7(6-18-2)5-8(15)14-10-9(11(16)17)12-3-4-13-10/h3-4,7H,5-6H2,1-2H3,(H,16,17)(H,13,14,15). The highest BCUT2D eigenvalue weighted by molar-refractivity contribution is 5.97. The lowest BCUT2D eigenvalue weighted by Crippen LogP contribution is -2.20. The Morgan fingerprint density at radius 1 is 1.44 bits per heavy atom. The molecule has 7 heteroatoms. The third-order valence-electron chi connectivity index (χ3n) is 2.14. The van der Waals surface area contributed by atoms with Gasteiger partial charge in [-0.25, -0.2) is 14.8 Å². The SMILES string of the molecule is COCC(C)CC(=O)Nc1nccnc1C(=O)O. The second-order valence-corrected chi connectivity index (χ2v) is 3.87. The van der Waals surface area contributed by atoms with Crippen LogP contribution in [-0.4, -0.2) is 40.7 Å². The normalized spacial score (nSPS) is 11.9. The molecular weight excluding hydrogens is 238 g/mol. The fraction of sp³-hybridized carbons (Fsp3) is 0.455. The van der Waals surface area contributed by atoms with Crippen LogP contribution >= 0.6 is 0 Å². The fourth-order valence-corrected chi connectivity index (χ4v) is 1.43. The average Bonchev–Trinajstić information content (AvgIpc) is 2.29. The number of carboxylic acids is 1. The van der Waals surface area contributed by atoms with Gasteiger partial charge in [-0.05, 0) is 5.92 Å². The van der Waals surface area contributed by atoms with Crippen LogP contribution in [0.2, 0.25) is 0 Å². The minimum atomic E-state index is -1.23. The van der Waals surface area contributed by atoms with Crippen LogP contribution in [0.3, 0.4) is 0 Å². The minimum absolute atomic E-state index is 0.0416. The Hall–Kier alpha value is -2.02. The first-order valence-electron chi connectivity index (χ1n) is 5.37. The number of hydrogen-bond acceptors (Lipinski definition) is 5. The van der Waals surface area contributed by atoms with E-state index < -0.39 is 5.97 Å². The predicted octanol–water partition coefficient (Wildman–Crippen LogP) is 0.786. The summed E-state index contributed by atoms with van der Waals surface area (Å²) in [5, 5.41) is 11.3. The van der Waals surface area contributed by atoms with Crippen LogP contribution in [0, 0.1) is 5.92 Å². The summed E-state index contributed by atoms with van der Waals surface area (Å²) in [4.78, 5) is 29.9. The van der Waals surface area contributed by atoms with Gasteiger partial charge in [0.15, 0.2) is 11.5 Å². The predicted molar refractivity (Wildman–Crippen MR) is 63.3 cm³/mol. The van der Waals surface area contributed by atoms with Gasteiger partial charge >= 0.3 is 5.97 Å². The highest BCUT2D eigenvalue weighted by atomic mass is 16.5. The van der Waals surface area contributed by atoms with Crippen LogP contribution in [0.25, 0.3) is 0 Å².